The second-order valence-electron chi connectivity index (χ2n) is 6.86. The monoisotopic (exact) mass is 328 g/mol. The number of nitrogens with zero attached hydrogens (tertiary/aromatic N) is 2. The Balaban J connectivity index is 1.68. The van der Waals surface area contributed by atoms with Gasteiger partial charge in [0.05, 0.1) is 25.1 Å². The molecule has 1 aliphatic heterocycles. The number of rotatable bonds is 7. The molecule has 3 rings (SSSR count). The third-order valence-electron chi connectivity index (χ3n) is 4.80. The van der Waals surface area contributed by atoms with Crippen molar-refractivity contribution in [1.29, 1.82) is 0 Å². The molecule has 0 radical (unpaired) electrons. The van der Waals surface area contributed by atoms with Gasteiger partial charge in [-0.2, -0.15) is 0 Å². The molecule has 0 spiro atoms. The molecule has 1 aromatic carbocycles. The van der Waals surface area contributed by atoms with Gasteiger partial charge in [0.1, 0.15) is 0 Å². The molecule has 1 aliphatic rings. The molecule has 2 unspecified atom stereocenters. The summed E-state index contributed by atoms with van der Waals surface area (Å²) in [4.78, 5) is 4.13. The molecule has 1 fully saturated rings. The fraction of sp³-hybridized carbons (Fsp3) is 0.550. The number of imidazole rings is 1. The van der Waals surface area contributed by atoms with Crippen molar-refractivity contribution in [2.75, 3.05) is 0 Å². The highest BCUT2D eigenvalue weighted by molar-refractivity contribution is 5.23. The summed E-state index contributed by atoms with van der Waals surface area (Å²) in [5, 5.41) is 0. The van der Waals surface area contributed by atoms with Crippen LogP contribution in [0, 0.1) is 0 Å². The van der Waals surface area contributed by atoms with E-state index in [1.165, 1.54) is 17.5 Å². The molecule has 2 aromatic rings. The normalized spacial score (nSPS) is 26.8. The second-order valence-corrected chi connectivity index (χ2v) is 6.86. The highest BCUT2D eigenvalue weighted by atomic mass is 16.8. The van der Waals surface area contributed by atoms with Crippen LogP contribution >= 0.6 is 0 Å². The molecule has 1 saturated heterocycles. The van der Waals surface area contributed by atoms with E-state index in [1.807, 2.05) is 17.1 Å². The Labute approximate surface area is 144 Å². The van der Waals surface area contributed by atoms with E-state index in [0.717, 1.165) is 19.3 Å². The zero-order chi connectivity index (χ0) is 17.0. The van der Waals surface area contributed by atoms with Gasteiger partial charge in [0, 0.05) is 18.8 Å². The lowest BCUT2D eigenvalue weighted by atomic mass is 10.0. The molecule has 2 atom stereocenters. The van der Waals surface area contributed by atoms with E-state index < -0.39 is 5.79 Å². The van der Waals surface area contributed by atoms with Gasteiger partial charge in [-0.3, -0.25) is 0 Å². The highest BCUT2D eigenvalue weighted by Crippen LogP contribution is 2.34. The summed E-state index contributed by atoms with van der Waals surface area (Å²) in [5.41, 5.74) is 2.74. The van der Waals surface area contributed by atoms with Crippen LogP contribution in [-0.2, 0) is 28.9 Å². The fourth-order valence-electron chi connectivity index (χ4n) is 3.32. The summed E-state index contributed by atoms with van der Waals surface area (Å²) >= 11 is 0. The Morgan fingerprint density at radius 1 is 1.04 bits per heavy atom. The second kappa shape index (κ2) is 7.49. The first-order chi connectivity index (χ1) is 11.6. The van der Waals surface area contributed by atoms with Crippen LogP contribution in [0.15, 0.2) is 43.0 Å². The molecule has 2 heterocycles. The van der Waals surface area contributed by atoms with Gasteiger partial charge in [0.15, 0.2) is 5.79 Å². The van der Waals surface area contributed by atoms with Gasteiger partial charge in [-0.15, -0.1) is 0 Å². The third-order valence-corrected chi connectivity index (χ3v) is 4.80. The van der Waals surface area contributed by atoms with Crippen LogP contribution in [0.4, 0.5) is 0 Å². The van der Waals surface area contributed by atoms with Gasteiger partial charge < -0.3 is 14.0 Å². The molecule has 1 aromatic heterocycles. The van der Waals surface area contributed by atoms with Crippen LogP contribution in [0.1, 0.15) is 44.7 Å². The zero-order valence-electron chi connectivity index (χ0n) is 14.9. The van der Waals surface area contributed by atoms with E-state index in [0.29, 0.717) is 6.54 Å². The minimum Gasteiger partial charge on any atom is -0.342 e. The van der Waals surface area contributed by atoms with Gasteiger partial charge in [0.2, 0.25) is 0 Å². The fourth-order valence-corrected chi connectivity index (χ4v) is 3.32. The minimum absolute atomic E-state index is 0.112. The average molecular weight is 328 g/mol. The molecule has 0 bridgehead atoms. The van der Waals surface area contributed by atoms with Crippen molar-refractivity contribution < 1.29 is 9.47 Å². The van der Waals surface area contributed by atoms with E-state index in [1.54, 1.807) is 6.20 Å². The standard InChI is InChI=1S/C20H28N2O2/c1-4-5-18-6-8-19(9-7-18)10-11-20(14-22-13-12-21-15-22)23-16(2)17(3)24-20/h6-9,12-13,15-17H,4-5,10-11,14H2,1-3H3. The minimum atomic E-state index is -0.568. The summed E-state index contributed by atoms with van der Waals surface area (Å²) in [5.74, 6) is -0.568. The number of hydrogen-bond donors (Lipinski definition) is 0. The smallest absolute Gasteiger partial charge is 0.187 e. The van der Waals surface area contributed by atoms with Crippen LogP contribution in [0.2, 0.25) is 0 Å². The first-order valence-electron chi connectivity index (χ1n) is 8.99. The first-order valence-corrected chi connectivity index (χ1v) is 8.99. The molecule has 0 amide bonds. The lowest BCUT2D eigenvalue weighted by molar-refractivity contribution is -0.186. The van der Waals surface area contributed by atoms with Crippen molar-refractivity contribution in [2.45, 2.75) is 71.0 Å². The molecule has 130 valence electrons. The van der Waals surface area contributed by atoms with Crippen LogP contribution in [0.25, 0.3) is 0 Å². The van der Waals surface area contributed by atoms with E-state index in [4.69, 9.17) is 9.47 Å². The molecule has 0 aliphatic carbocycles. The van der Waals surface area contributed by atoms with Gasteiger partial charge >= 0.3 is 0 Å². The van der Waals surface area contributed by atoms with E-state index in [2.05, 4.69) is 50.0 Å². The summed E-state index contributed by atoms with van der Waals surface area (Å²) in [7, 11) is 0. The number of benzene rings is 1. The SMILES string of the molecule is CCCc1ccc(CCC2(Cn3ccnc3)OC(C)C(C)O2)cc1. The number of hydrogen-bond acceptors (Lipinski definition) is 3. The van der Waals surface area contributed by atoms with E-state index in [9.17, 15) is 0 Å². The predicted octanol–water partition coefficient (Wildman–Crippen LogP) is 3.99. The average Bonchev–Trinajstić information content (AvgIpc) is 3.16. The van der Waals surface area contributed by atoms with Crippen LogP contribution in [0.5, 0.6) is 0 Å². The maximum absolute atomic E-state index is 6.25. The Bertz CT molecular complexity index is 612. The van der Waals surface area contributed by atoms with Gasteiger partial charge in [0.25, 0.3) is 0 Å². The van der Waals surface area contributed by atoms with Crippen LogP contribution < -0.4 is 0 Å². The van der Waals surface area contributed by atoms with Crippen LogP contribution in [-0.4, -0.2) is 27.5 Å². The van der Waals surface area contributed by atoms with Gasteiger partial charge in [-0.25, -0.2) is 4.98 Å². The summed E-state index contributed by atoms with van der Waals surface area (Å²) < 4.78 is 14.5. The summed E-state index contributed by atoms with van der Waals surface area (Å²) in [6.07, 6.45) is 9.91. The largest absolute Gasteiger partial charge is 0.342 e. The summed E-state index contributed by atoms with van der Waals surface area (Å²) in [6.45, 7) is 7.06. The molecule has 4 nitrogen and oxygen atoms in total. The Morgan fingerprint density at radius 2 is 1.67 bits per heavy atom. The first kappa shape index (κ1) is 17.2. The summed E-state index contributed by atoms with van der Waals surface area (Å²) in [6, 6.07) is 8.95. The van der Waals surface area contributed by atoms with Crippen LogP contribution in [0.3, 0.4) is 0 Å². The van der Waals surface area contributed by atoms with Crippen molar-refractivity contribution in [2.24, 2.45) is 0 Å². The molecule has 0 N–H and O–H groups in total. The Kier molecular flexibility index (Phi) is 5.36. The Hall–Kier alpha value is -1.65. The zero-order valence-corrected chi connectivity index (χ0v) is 14.9. The number of aryl methyl sites for hydroxylation is 2. The lowest BCUT2D eigenvalue weighted by Gasteiger charge is -2.28. The van der Waals surface area contributed by atoms with E-state index in [-0.39, 0.29) is 12.2 Å². The third kappa shape index (κ3) is 4.05. The maximum Gasteiger partial charge on any atom is 0.187 e. The quantitative estimate of drug-likeness (QED) is 0.771. The molecule has 4 heteroatoms. The number of aromatic nitrogens is 2. The lowest BCUT2D eigenvalue weighted by Crippen LogP contribution is -2.36. The van der Waals surface area contributed by atoms with Gasteiger partial charge in [-0.05, 0) is 37.8 Å². The van der Waals surface area contributed by atoms with Crippen molar-refractivity contribution in [3.63, 3.8) is 0 Å². The Morgan fingerprint density at radius 3 is 2.21 bits per heavy atom. The van der Waals surface area contributed by atoms with E-state index >= 15 is 0 Å². The highest BCUT2D eigenvalue weighted by Gasteiger charge is 2.43. The molecule has 0 saturated carbocycles. The maximum atomic E-state index is 6.25. The van der Waals surface area contributed by atoms with Crippen molar-refractivity contribution in [1.82, 2.24) is 9.55 Å². The molecule has 24 heavy (non-hydrogen) atoms. The van der Waals surface area contributed by atoms with Crippen molar-refractivity contribution >= 4 is 0 Å². The van der Waals surface area contributed by atoms with Crippen molar-refractivity contribution in [3.8, 4) is 0 Å². The predicted molar refractivity (Wildman–Crippen MR) is 94.8 cm³/mol. The topological polar surface area (TPSA) is 36.3 Å². The molecular weight excluding hydrogens is 300 g/mol. The van der Waals surface area contributed by atoms with Gasteiger partial charge in [-0.1, -0.05) is 37.6 Å². The number of ether oxygens (including phenoxy) is 2. The van der Waals surface area contributed by atoms with Crippen molar-refractivity contribution in [3.05, 3.63) is 54.1 Å². The molecular formula is C20H28N2O2.